The van der Waals surface area contributed by atoms with Gasteiger partial charge in [-0.1, -0.05) is 13.8 Å². The van der Waals surface area contributed by atoms with Gasteiger partial charge in [0.1, 0.15) is 11.5 Å². The molecule has 0 saturated heterocycles. The number of aromatic nitrogens is 1. The molecule has 1 aromatic carbocycles. The minimum Gasteiger partial charge on any atom is -0.496 e. The molecule has 2 rings (SSSR count). The van der Waals surface area contributed by atoms with Crippen LogP contribution in [0.15, 0.2) is 30.5 Å². The molecule has 1 heterocycles. The fourth-order valence-electron chi connectivity index (χ4n) is 2.61. The summed E-state index contributed by atoms with van der Waals surface area (Å²) in [7, 11) is 1.35. The molecule has 2 aromatic rings. The Balaban J connectivity index is 2.38. The van der Waals surface area contributed by atoms with Crippen LogP contribution < -0.4 is 9.47 Å². The van der Waals surface area contributed by atoms with Crippen molar-refractivity contribution in [1.82, 2.24) is 4.98 Å². The van der Waals surface area contributed by atoms with Crippen LogP contribution in [0, 0.1) is 6.92 Å². The monoisotopic (exact) mass is 353 g/mol. The highest BCUT2D eigenvalue weighted by atomic mass is 19.4. The molecule has 0 N–H and O–H groups in total. The van der Waals surface area contributed by atoms with E-state index in [4.69, 9.17) is 9.47 Å². The lowest BCUT2D eigenvalue weighted by atomic mass is 10.0. The van der Waals surface area contributed by atoms with Crippen molar-refractivity contribution in [1.29, 1.82) is 0 Å². The Morgan fingerprint density at radius 2 is 1.80 bits per heavy atom. The van der Waals surface area contributed by atoms with Gasteiger partial charge < -0.3 is 9.47 Å². The lowest BCUT2D eigenvalue weighted by Gasteiger charge is -2.17. The molecule has 6 heteroatoms. The van der Waals surface area contributed by atoms with Crippen LogP contribution in [-0.2, 0) is 6.18 Å². The number of alkyl halides is 3. The SMILES string of the molecule is CCC(CC)Oc1cnc(-c2ccc(C(F)(F)F)cc2OC)c(C)c1. The summed E-state index contributed by atoms with van der Waals surface area (Å²) in [6.07, 6.45) is -0.916. The topological polar surface area (TPSA) is 31.4 Å². The first-order valence-electron chi connectivity index (χ1n) is 8.19. The van der Waals surface area contributed by atoms with Gasteiger partial charge in [-0.3, -0.25) is 4.98 Å². The smallest absolute Gasteiger partial charge is 0.416 e. The van der Waals surface area contributed by atoms with Crippen LogP contribution in [0.2, 0.25) is 0 Å². The number of hydrogen-bond donors (Lipinski definition) is 0. The number of nitrogens with zero attached hydrogens (tertiary/aromatic N) is 1. The molecule has 0 spiro atoms. The van der Waals surface area contributed by atoms with Gasteiger partial charge in [-0.25, -0.2) is 0 Å². The first kappa shape index (κ1) is 19.1. The second kappa shape index (κ2) is 7.76. The predicted octanol–water partition coefficient (Wildman–Crippen LogP) is 5.65. The van der Waals surface area contributed by atoms with Crippen molar-refractivity contribution < 1.29 is 22.6 Å². The van der Waals surface area contributed by atoms with Crippen LogP contribution in [0.3, 0.4) is 0 Å². The average Bonchev–Trinajstić information content (AvgIpc) is 2.58. The highest BCUT2D eigenvalue weighted by Gasteiger charge is 2.31. The van der Waals surface area contributed by atoms with Gasteiger partial charge in [0.2, 0.25) is 0 Å². The highest BCUT2D eigenvalue weighted by Crippen LogP contribution is 2.37. The molecule has 3 nitrogen and oxygen atoms in total. The summed E-state index contributed by atoms with van der Waals surface area (Å²) in [5.74, 6) is 0.792. The van der Waals surface area contributed by atoms with Gasteiger partial charge >= 0.3 is 6.18 Å². The van der Waals surface area contributed by atoms with Gasteiger partial charge in [0.05, 0.1) is 30.7 Å². The van der Waals surface area contributed by atoms with Gasteiger partial charge in [-0.2, -0.15) is 13.2 Å². The maximum atomic E-state index is 12.9. The number of rotatable bonds is 6. The maximum absolute atomic E-state index is 12.9. The number of hydrogen-bond acceptors (Lipinski definition) is 3. The van der Waals surface area contributed by atoms with Crippen LogP contribution in [0.1, 0.15) is 37.8 Å². The van der Waals surface area contributed by atoms with E-state index in [1.54, 1.807) is 6.20 Å². The van der Waals surface area contributed by atoms with E-state index in [0.717, 1.165) is 30.5 Å². The molecular weight excluding hydrogens is 331 g/mol. The fraction of sp³-hybridized carbons (Fsp3) is 0.421. The number of halogens is 3. The van der Waals surface area contributed by atoms with Crippen molar-refractivity contribution in [2.24, 2.45) is 0 Å². The standard InChI is InChI=1S/C19H22F3NO2/c1-5-14(6-2)25-15-9-12(3)18(23-11-15)16-8-7-13(19(20,21)22)10-17(16)24-4/h7-11,14H,5-6H2,1-4H3. The molecule has 0 amide bonds. The highest BCUT2D eigenvalue weighted by molar-refractivity contribution is 5.71. The van der Waals surface area contributed by atoms with Crippen molar-refractivity contribution in [3.05, 3.63) is 41.6 Å². The fourth-order valence-corrected chi connectivity index (χ4v) is 2.61. The van der Waals surface area contributed by atoms with Gasteiger partial charge in [0, 0.05) is 5.56 Å². The number of aryl methyl sites for hydroxylation is 1. The summed E-state index contributed by atoms with van der Waals surface area (Å²) in [6, 6.07) is 5.26. The van der Waals surface area contributed by atoms with Gasteiger partial charge in [-0.15, -0.1) is 0 Å². The molecule has 0 radical (unpaired) electrons. The molecule has 0 aliphatic carbocycles. The molecule has 0 bridgehead atoms. The second-order valence-corrected chi connectivity index (χ2v) is 5.81. The molecule has 0 saturated carbocycles. The van der Waals surface area contributed by atoms with E-state index in [1.165, 1.54) is 13.2 Å². The zero-order chi connectivity index (χ0) is 18.6. The summed E-state index contributed by atoms with van der Waals surface area (Å²) in [6.45, 7) is 5.95. The van der Waals surface area contributed by atoms with E-state index in [0.29, 0.717) is 17.0 Å². The van der Waals surface area contributed by atoms with Gasteiger partial charge in [-0.05, 0) is 49.6 Å². The summed E-state index contributed by atoms with van der Waals surface area (Å²) in [4.78, 5) is 4.38. The second-order valence-electron chi connectivity index (χ2n) is 5.81. The Kier molecular flexibility index (Phi) is 5.93. The zero-order valence-electron chi connectivity index (χ0n) is 14.8. The largest absolute Gasteiger partial charge is 0.496 e. The van der Waals surface area contributed by atoms with Gasteiger partial charge in [0.15, 0.2) is 0 Å². The third-order valence-corrected chi connectivity index (χ3v) is 4.05. The molecule has 25 heavy (non-hydrogen) atoms. The Hall–Kier alpha value is -2.24. The van der Waals surface area contributed by atoms with E-state index >= 15 is 0 Å². The van der Waals surface area contributed by atoms with Crippen molar-refractivity contribution in [3.63, 3.8) is 0 Å². The maximum Gasteiger partial charge on any atom is 0.416 e. The Morgan fingerprint density at radius 3 is 2.32 bits per heavy atom. The third-order valence-electron chi connectivity index (χ3n) is 4.05. The molecule has 0 atom stereocenters. The van der Waals surface area contributed by atoms with Crippen LogP contribution >= 0.6 is 0 Å². The lowest BCUT2D eigenvalue weighted by molar-refractivity contribution is -0.137. The number of benzene rings is 1. The molecule has 136 valence electrons. The Morgan fingerprint density at radius 1 is 1.12 bits per heavy atom. The number of pyridine rings is 1. The van der Waals surface area contributed by atoms with E-state index < -0.39 is 11.7 Å². The van der Waals surface area contributed by atoms with Crippen molar-refractivity contribution in [2.75, 3.05) is 7.11 Å². The van der Waals surface area contributed by atoms with Crippen LogP contribution in [0.5, 0.6) is 11.5 Å². The average molecular weight is 353 g/mol. The first-order chi connectivity index (χ1) is 11.8. The van der Waals surface area contributed by atoms with Crippen LogP contribution in [0.4, 0.5) is 13.2 Å². The molecule has 0 aliphatic rings. The normalized spacial score (nSPS) is 11.7. The van der Waals surface area contributed by atoms with E-state index in [1.807, 2.05) is 13.0 Å². The molecule has 0 aliphatic heterocycles. The molecular formula is C19H22F3NO2. The van der Waals surface area contributed by atoms with E-state index in [2.05, 4.69) is 18.8 Å². The van der Waals surface area contributed by atoms with Crippen LogP contribution in [0.25, 0.3) is 11.3 Å². The summed E-state index contributed by atoms with van der Waals surface area (Å²) in [5, 5.41) is 0. The number of ether oxygens (including phenoxy) is 2. The van der Waals surface area contributed by atoms with Gasteiger partial charge in [0.25, 0.3) is 0 Å². The summed E-state index contributed by atoms with van der Waals surface area (Å²) < 4.78 is 49.6. The van der Waals surface area contributed by atoms with Crippen LogP contribution in [-0.4, -0.2) is 18.2 Å². The Bertz CT molecular complexity index is 725. The minimum atomic E-state index is -4.42. The van der Waals surface area contributed by atoms with Crippen molar-refractivity contribution >= 4 is 0 Å². The quantitative estimate of drug-likeness (QED) is 0.672. The summed E-state index contributed by atoms with van der Waals surface area (Å²) >= 11 is 0. The molecule has 0 fully saturated rings. The molecule has 0 unspecified atom stereocenters. The van der Waals surface area contributed by atoms with Crippen molar-refractivity contribution in [3.8, 4) is 22.8 Å². The summed E-state index contributed by atoms with van der Waals surface area (Å²) in [5.41, 5.74) is 1.14. The Labute approximate surface area is 145 Å². The van der Waals surface area contributed by atoms with E-state index in [-0.39, 0.29) is 11.9 Å². The third kappa shape index (κ3) is 4.44. The lowest BCUT2D eigenvalue weighted by Crippen LogP contribution is -2.13. The minimum absolute atomic E-state index is 0.118. The number of methoxy groups -OCH3 is 1. The predicted molar refractivity (Wildman–Crippen MR) is 91.0 cm³/mol. The first-order valence-corrected chi connectivity index (χ1v) is 8.19. The zero-order valence-corrected chi connectivity index (χ0v) is 14.8. The van der Waals surface area contributed by atoms with Crippen molar-refractivity contribution in [2.45, 2.75) is 45.9 Å². The molecule has 1 aromatic heterocycles. The van der Waals surface area contributed by atoms with E-state index in [9.17, 15) is 13.2 Å².